The molecule has 0 unspecified atom stereocenters. The number of para-hydroxylation sites is 1. The molecule has 1 aliphatic rings. The fourth-order valence-corrected chi connectivity index (χ4v) is 9.33. The van der Waals surface area contributed by atoms with E-state index >= 15 is 4.79 Å². The van der Waals surface area contributed by atoms with Crippen molar-refractivity contribution in [2.45, 2.75) is 172 Å². The highest BCUT2D eigenvalue weighted by molar-refractivity contribution is 9.10. The number of ether oxygens (including phenoxy) is 3. The number of carbonyl (C=O) groups is 6. The number of alkyl carbamates (subject to hydrolysis) is 1. The molecule has 0 spiro atoms. The zero-order chi connectivity index (χ0) is 51.4. The van der Waals surface area contributed by atoms with Gasteiger partial charge in [0.1, 0.15) is 33.9 Å². The minimum Gasteiger partial charge on any atom is -0.460 e. The number of aromatic nitrogens is 3. The Morgan fingerprint density at radius 1 is 0.829 bits per heavy atom. The van der Waals surface area contributed by atoms with Crippen molar-refractivity contribution in [2.24, 2.45) is 0 Å². The highest BCUT2D eigenvalue weighted by atomic mass is 79.9. The van der Waals surface area contributed by atoms with Gasteiger partial charge < -0.3 is 40.4 Å². The maximum absolute atomic E-state index is 15.1. The summed E-state index contributed by atoms with van der Waals surface area (Å²) in [7, 11) is 1.54. The zero-order valence-electron chi connectivity index (χ0n) is 42.0. The Hall–Kier alpha value is -5.53. The number of carbonyl (C=O) groups excluding carboxylic acids is 6. The van der Waals surface area contributed by atoms with Gasteiger partial charge in [-0.25, -0.2) is 14.6 Å². The van der Waals surface area contributed by atoms with Gasteiger partial charge in [0.05, 0.1) is 11.6 Å². The van der Waals surface area contributed by atoms with E-state index in [2.05, 4.69) is 42.2 Å². The zero-order valence-corrected chi connectivity index (χ0v) is 44.4. The number of rotatable bonds is 12. The average Bonchev–Trinajstić information content (AvgIpc) is 3.63. The number of nitrogens with one attached hydrogen (secondary N) is 4. The summed E-state index contributed by atoms with van der Waals surface area (Å²) in [4.78, 5) is 94.4. The molecule has 1 aromatic carbocycles. The van der Waals surface area contributed by atoms with Gasteiger partial charge in [0, 0.05) is 84.6 Å². The van der Waals surface area contributed by atoms with Crippen LogP contribution in [0, 0.1) is 0 Å². The molecule has 70 heavy (non-hydrogen) atoms. The summed E-state index contributed by atoms with van der Waals surface area (Å²) < 4.78 is 18.7. The Morgan fingerprint density at radius 2 is 1.51 bits per heavy atom. The summed E-state index contributed by atoms with van der Waals surface area (Å²) >= 11 is 5.02. The van der Waals surface area contributed by atoms with E-state index in [9.17, 15) is 24.0 Å². The van der Waals surface area contributed by atoms with Gasteiger partial charge in [0.2, 0.25) is 17.7 Å². The van der Waals surface area contributed by atoms with Crippen molar-refractivity contribution in [3.05, 3.63) is 82.3 Å². The first-order valence-electron chi connectivity index (χ1n) is 23.7. The number of likely N-dealkylation sites (N-methyl/N-ethyl adjacent to an activating group) is 1. The number of fused-ring (bicyclic) bond motifs is 3. The van der Waals surface area contributed by atoms with Crippen molar-refractivity contribution in [2.75, 3.05) is 13.6 Å². The molecule has 17 nitrogen and oxygen atoms in total. The van der Waals surface area contributed by atoms with Crippen LogP contribution >= 0.6 is 27.7 Å². The topological polar surface area (TPSA) is 212 Å². The van der Waals surface area contributed by atoms with E-state index in [0.717, 1.165) is 16.0 Å². The third kappa shape index (κ3) is 16.8. The van der Waals surface area contributed by atoms with Crippen LogP contribution in [0.25, 0.3) is 10.9 Å². The van der Waals surface area contributed by atoms with E-state index in [1.54, 1.807) is 78.5 Å². The molecule has 1 aliphatic heterocycles. The average molecular weight is 1050 g/mol. The summed E-state index contributed by atoms with van der Waals surface area (Å²) in [5.74, 6) is -1.78. The van der Waals surface area contributed by atoms with E-state index in [-0.39, 0.29) is 44.9 Å². The molecule has 0 bridgehead atoms. The number of unbranched alkanes of at least 4 members (excludes halogenated alkanes) is 2. The predicted octanol–water partition coefficient (Wildman–Crippen LogP) is 8.37. The van der Waals surface area contributed by atoms with Crippen molar-refractivity contribution in [3.8, 4) is 0 Å². The van der Waals surface area contributed by atoms with Crippen molar-refractivity contribution < 1.29 is 43.0 Å². The Morgan fingerprint density at radius 3 is 2.23 bits per heavy atom. The highest BCUT2D eigenvalue weighted by Gasteiger charge is 2.35. The van der Waals surface area contributed by atoms with Gasteiger partial charge in [-0.15, -0.1) is 0 Å². The molecule has 4 heterocycles. The normalized spacial score (nSPS) is 17.7. The fourth-order valence-electron chi connectivity index (χ4n) is 7.72. The molecule has 4 aromatic rings. The van der Waals surface area contributed by atoms with Gasteiger partial charge in [-0.3, -0.25) is 28.7 Å². The number of nitrogens with zero attached hydrogens (tertiary/aromatic N) is 4. The summed E-state index contributed by atoms with van der Waals surface area (Å²) in [6, 6.07) is 7.94. The van der Waals surface area contributed by atoms with Gasteiger partial charge in [0.25, 0.3) is 0 Å². The van der Waals surface area contributed by atoms with E-state index in [1.165, 1.54) is 28.3 Å². The van der Waals surface area contributed by atoms with Crippen molar-refractivity contribution >= 4 is 74.5 Å². The first kappa shape index (κ1) is 55.4. The monoisotopic (exact) mass is 1050 g/mol. The molecule has 3 atom stereocenters. The molecule has 0 radical (unpaired) electrons. The number of hydrogen-bond acceptors (Lipinski definition) is 13. The molecule has 5 rings (SSSR count). The Labute approximate surface area is 423 Å². The third-order valence-electron chi connectivity index (χ3n) is 11.0. The summed E-state index contributed by atoms with van der Waals surface area (Å²) in [6.45, 7) is 16.6. The van der Waals surface area contributed by atoms with Crippen LogP contribution in [0.2, 0.25) is 0 Å². The van der Waals surface area contributed by atoms with Gasteiger partial charge in [-0.05, 0) is 134 Å². The lowest BCUT2D eigenvalue weighted by Gasteiger charge is -2.32. The Kier molecular flexibility index (Phi) is 19.4. The van der Waals surface area contributed by atoms with Crippen molar-refractivity contribution in [1.82, 2.24) is 40.7 Å². The molecule has 3 aromatic heterocycles. The summed E-state index contributed by atoms with van der Waals surface area (Å²) in [5.41, 5.74) is 0.607. The SMILES string of the molecule is CN1C(=O)[C@H](CCCCNC(=O)OC(C)(C)C)NC(=O)[C@H](CCCCC(=O)OC(C)(C)C)NCc2cccnc2Sc2cncc(Br)c2CNC(=O)[C@@H]1Cc1cn(C(=O)OC(C)(C)C)c2ccccc12. The number of pyridine rings is 2. The lowest BCUT2D eigenvalue weighted by atomic mass is 10.0. The lowest BCUT2D eigenvalue weighted by Crippen LogP contribution is -2.57. The second-order valence-electron chi connectivity index (χ2n) is 20.3. The smallest absolute Gasteiger partial charge is 0.419 e. The highest BCUT2D eigenvalue weighted by Crippen LogP contribution is 2.34. The van der Waals surface area contributed by atoms with Gasteiger partial charge in [-0.2, -0.15) is 0 Å². The largest absolute Gasteiger partial charge is 0.460 e. The minimum absolute atomic E-state index is 0.0108. The quantitative estimate of drug-likeness (QED) is 0.0598. The number of benzene rings is 1. The minimum atomic E-state index is -1.14. The number of hydrogen-bond donors (Lipinski definition) is 4. The van der Waals surface area contributed by atoms with Crippen LogP contribution in [-0.2, 0) is 52.9 Å². The molecule has 4 N–H and O–H groups in total. The number of amides is 4. The maximum atomic E-state index is 15.1. The molecule has 0 saturated carbocycles. The first-order chi connectivity index (χ1) is 32.9. The standard InChI is InChI=1S/C51H69BrN8O9S/c1-49(2,3)67-42(61)23-14-12-20-37-43(62)58-38(21-15-16-24-55-47(65)68-50(4,5)6)46(64)59(10)40(26-33-31-60(48(66)69-51(7,8)9)39-22-13-11-19-34(33)39)44(63)57-28-35-36(52)29-53-30-41(35)70-45-32(27-56-37)18-17-25-54-45/h11,13,17-19,22,25,29-31,37-38,40,56H,12,14-16,20-21,23-24,26-28H2,1-10H3,(H,55,65)(H,57,63)(H,58,62)/t37-,38-,40-/m0/s1. The Balaban J connectivity index is 1.55. The van der Waals surface area contributed by atoms with Crippen LogP contribution in [0.1, 0.15) is 124 Å². The second kappa shape index (κ2) is 24.5. The maximum Gasteiger partial charge on any atom is 0.419 e. The molecular formula is C51H69BrN8O9S. The van der Waals surface area contributed by atoms with Crippen LogP contribution in [-0.4, -0.2) is 104 Å². The van der Waals surface area contributed by atoms with Crippen LogP contribution in [0.4, 0.5) is 9.59 Å². The molecule has 0 saturated heterocycles. The van der Waals surface area contributed by atoms with Gasteiger partial charge >= 0.3 is 18.2 Å². The number of halogens is 1. The van der Waals surface area contributed by atoms with Crippen LogP contribution in [0.15, 0.2) is 75.6 Å². The van der Waals surface area contributed by atoms with Crippen LogP contribution in [0.3, 0.4) is 0 Å². The Bertz CT molecular complexity index is 2500. The molecule has 4 amide bonds. The predicted molar refractivity (Wildman–Crippen MR) is 271 cm³/mol. The molecular weight excluding hydrogens is 981 g/mol. The fraction of sp³-hybridized carbons (Fsp3) is 0.529. The van der Waals surface area contributed by atoms with E-state index in [4.69, 9.17) is 19.2 Å². The van der Waals surface area contributed by atoms with Gasteiger partial charge in [-0.1, -0.05) is 42.4 Å². The molecule has 19 heteroatoms. The van der Waals surface area contributed by atoms with E-state index in [1.807, 2.05) is 45.0 Å². The van der Waals surface area contributed by atoms with Crippen LogP contribution in [0.5, 0.6) is 0 Å². The van der Waals surface area contributed by atoms with Crippen molar-refractivity contribution in [3.63, 3.8) is 0 Å². The molecule has 0 fully saturated rings. The summed E-state index contributed by atoms with van der Waals surface area (Å²) in [5, 5.41) is 13.7. The van der Waals surface area contributed by atoms with Gasteiger partial charge in [0.15, 0.2) is 0 Å². The van der Waals surface area contributed by atoms with Crippen molar-refractivity contribution in [1.29, 1.82) is 0 Å². The molecule has 380 valence electrons. The first-order valence-corrected chi connectivity index (χ1v) is 25.3. The van der Waals surface area contributed by atoms with E-state index < -0.39 is 64.8 Å². The lowest BCUT2D eigenvalue weighted by molar-refractivity contribution is -0.155. The second-order valence-corrected chi connectivity index (χ2v) is 22.2. The van der Waals surface area contributed by atoms with Crippen LogP contribution < -0.4 is 21.3 Å². The van der Waals surface area contributed by atoms with E-state index in [0.29, 0.717) is 58.1 Å². The number of esters is 1. The molecule has 0 aliphatic carbocycles. The summed E-state index contributed by atoms with van der Waals surface area (Å²) in [6.07, 6.45) is 7.95. The third-order valence-corrected chi connectivity index (χ3v) is 12.8.